The normalized spacial score (nSPS) is 10.5. The zero-order valence-corrected chi connectivity index (χ0v) is 14.9. The van der Waals surface area contributed by atoms with Crippen LogP contribution in [-0.2, 0) is 4.57 Å². The van der Waals surface area contributed by atoms with Crippen molar-refractivity contribution < 1.29 is 56.9 Å². The Balaban J connectivity index is 0.00000242. The molecule has 0 bridgehead atoms. The molecular formula is C16H15Li2O4P. The molecular weight excluding hydrogens is 301 g/mol. The van der Waals surface area contributed by atoms with E-state index in [1.165, 1.54) is 0 Å². The molecule has 0 radical (unpaired) electrons. The molecule has 0 atom stereocenters. The molecule has 2 aromatic carbocycles. The van der Waals surface area contributed by atoms with Gasteiger partial charge in [-0.1, -0.05) is 36.4 Å². The van der Waals surface area contributed by atoms with Crippen molar-refractivity contribution in [1.29, 1.82) is 0 Å². The molecule has 0 heterocycles. The molecule has 0 saturated carbocycles. The van der Waals surface area contributed by atoms with Crippen LogP contribution < -0.4 is 47.5 Å². The first-order chi connectivity index (χ1) is 9.73. The van der Waals surface area contributed by atoms with Crippen LogP contribution in [0.2, 0.25) is 0 Å². The van der Waals surface area contributed by atoms with Crippen molar-refractivity contribution in [2.75, 3.05) is 0 Å². The second kappa shape index (κ2) is 8.52. The largest absolute Gasteiger partial charge is 1.00 e. The van der Waals surface area contributed by atoms with Crippen LogP contribution in [0.1, 0.15) is 27.0 Å². The first-order valence-corrected chi connectivity index (χ1v) is 8.01. The van der Waals surface area contributed by atoms with E-state index >= 15 is 0 Å². The Morgan fingerprint density at radius 3 is 1.96 bits per heavy atom. The van der Waals surface area contributed by atoms with E-state index in [0.717, 1.165) is 16.7 Å². The van der Waals surface area contributed by atoms with Gasteiger partial charge >= 0.3 is 37.7 Å². The molecule has 0 saturated heterocycles. The molecule has 2 rings (SSSR count). The van der Waals surface area contributed by atoms with Crippen LogP contribution in [0, 0.1) is 20.8 Å². The smallest absolute Gasteiger partial charge is 0.805 e. The van der Waals surface area contributed by atoms with Crippen molar-refractivity contribution >= 4 is 13.1 Å². The number of hydrogen-bond acceptors (Lipinski definition) is 4. The summed E-state index contributed by atoms with van der Waals surface area (Å²) < 4.78 is 11.1. The summed E-state index contributed by atoms with van der Waals surface area (Å²) in [4.78, 5) is 34.1. The van der Waals surface area contributed by atoms with Crippen LogP contribution in [0.15, 0.2) is 36.4 Å². The quantitative estimate of drug-likeness (QED) is 0.432. The Morgan fingerprint density at radius 2 is 1.48 bits per heavy atom. The van der Waals surface area contributed by atoms with E-state index in [4.69, 9.17) is 0 Å². The maximum atomic E-state index is 11.9. The van der Waals surface area contributed by atoms with Crippen LogP contribution in [0.4, 0.5) is 0 Å². The van der Waals surface area contributed by atoms with Gasteiger partial charge in [-0.25, -0.2) is 0 Å². The van der Waals surface area contributed by atoms with Crippen molar-refractivity contribution in [3.05, 3.63) is 58.7 Å². The molecule has 0 aromatic heterocycles. The minimum absolute atomic E-state index is 0. The Hall–Kier alpha value is -0.545. The first-order valence-electron chi connectivity index (χ1n) is 6.46. The van der Waals surface area contributed by atoms with Crippen molar-refractivity contribution in [2.24, 2.45) is 0 Å². The number of benzene rings is 2. The van der Waals surface area contributed by atoms with E-state index in [0.29, 0.717) is 11.1 Å². The summed E-state index contributed by atoms with van der Waals surface area (Å²) in [5.41, 5.74) is 2.28. The minimum Gasteiger partial charge on any atom is -0.805 e. The molecule has 2 aromatic rings. The molecule has 0 aliphatic heterocycles. The fraction of sp³-hybridized carbons (Fsp3) is 0.188. The first kappa shape index (κ1) is 22.5. The predicted octanol–water partition coefficient (Wildman–Crippen LogP) is -3.66. The van der Waals surface area contributed by atoms with Crippen LogP contribution in [0.25, 0.3) is 11.1 Å². The Morgan fingerprint density at radius 1 is 0.957 bits per heavy atom. The van der Waals surface area contributed by atoms with Crippen LogP contribution >= 0.6 is 7.60 Å². The second-order valence-corrected chi connectivity index (χ2v) is 6.46. The monoisotopic (exact) mass is 316 g/mol. The van der Waals surface area contributed by atoms with Gasteiger partial charge in [0.15, 0.2) is 5.52 Å². The summed E-state index contributed by atoms with van der Waals surface area (Å²) in [5.74, 6) is 0. The third-order valence-electron chi connectivity index (χ3n) is 3.50. The SMILES string of the molecule is Cc1cc(C)c(-c2ccccc2)c(C)c1C(=O)P(=O)([O-])[O-].[Li+].[Li+]. The van der Waals surface area contributed by atoms with E-state index in [1.54, 1.807) is 19.9 Å². The molecule has 23 heavy (non-hydrogen) atoms. The summed E-state index contributed by atoms with van der Waals surface area (Å²) in [7, 11) is -5.30. The fourth-order valence-electron chi connectivity index (χ4n) is 2.70. The zero-order chi connectivity index (χ0) is 15.8. The van der Waals surface area contributed by atoms with Crippen molar-refractivity contribution in [3.63, 3.8) is 0 Å². The van der Waals surface area contributed by atoms with Crippen LogP contribution in [0.5, 0.6) is 0 Å². The van der Waals surface area contributed by atoms with Gasteiger partial charge in [0.25, 0.3) is 0 Å². The Labute approximate surface area is 160 Å². The molecule has 7 heteroatoms. The fourth-order valence-corrected chi connectivity index (χ4v) is 3.32. The average molecular weight is 316 g/mol. The molecule has 0 unspecified atom stereocenters. The van der Waals surface area contributed by atoms with Crippen molar-refractivity contribution in [3.8, 4) is 11.1 Å². The number of rotatable bonds is 3. The van der Waals surface area contributed by atoms with E-state index in [1.807, 2.05) is 37.3 Å². The number of carbonyl (C=O) groups is 1. The second-order valence-electron chi connectivity index (χ2n) is 5.05. The van der Waals surface area contributed by atoms with Gasteiger partial charge in [-0.3, -0.25) is 4.79 Å². The number of carbonyl (C=O) groups excluding carboxylic acids is 1. The van der Waals surface area contributed by atoms with Gasteiger partial charge in [0, 0.05) is 13.2 Å². The summed E-state index contributed by atoms with van der Waals surface area (Å²) >= 11 is 0. The molecule has 110 valence electrons. The molecule has 0 amide bonds. The Bertz CT molecular complexity index is 754. The minimum atomic E-state index is -5.30. The van der Waals surface area contributed by atoms with E-state index in [2.05, 4.69) is 0 Å². The van der Waals surface area contributed by atoms with Gasteiger partial charge in [0.1, 0.15) is 0 Å². The van der Waals surface area contributed by atoms with Crippen molar-refractivity contribution in [2.45, 2.75) is 20.8 Å². The summed E-state index contributed by atoms with van der Waals surface area (Å²) in [6.07, 6.45) is 0. The van der Waals surface area contributed by atoms with Gasteiger partial charge < -0.3 is 14.4 Å². The van der Waals surface area contributed by atoms with Gasteiger partial charge in [0.05, 0.1) is 0 Å². The van der Waals surface area contributed by atoms with Gasteiger partial charge in [-0.15, -0.1) is 0 Å². The maximum Gasteiger partial charge on any atom is 1.00 e. The molecule has 0 aliphatic carbocycles. The Kier molecular flexibility index (Phi) is 8.32. The van der Waals surface area contributed by atoms with Gasteiger partial charge in [-0.2, -0.15) is 0 Å². The third-order valence-corrected chi connectivity index (χ3v) is 4.22. The zero-order valence-electron chi connectivity index (χ0n) is 14.0. The van der Waals surface area contributed by atoms with Crippen LogP contribution in [0.3, 0.4) is 0 Å². The predicted molar refractivity (Wildman–Crippen MR) is 78.0 cm³/mol. The summed E-state index contributed by atoms with van der Waals surface area (Å²) in [6, 6.07) is 11.1. The molecule has 0 aliphatic rings. The van der Waals surface area contributed by atoms with E-state index < -0.39 is 13.1 Å². The van der Waals surface area contributed by atoms with Gasteiger partial charge in [0.2, 0.25) is 0 Å². The average Bonchev–Trinajstić information content (AvgIpc) is 2.38. The third kappa shape index (κ3) is 4.73. The van der Waals surface area contributed by atoms with E-state index in [9.17, 15) is 19.1 Å². The summed E-state index contributed by atoms with van der Waals surface area (Å²) in [6.45, 7) is 5.20. The van der Waals surface area contributed by atoms with Gasteiger partial charge in [-0.05, 0) is 48.6 Å². The van der Waals surface area contributed by atoms with Crippen molar-refractivity contribution in [1.82, 2.24) is 0 Å². The standard InChI is InChI=1S/C16H17O4P.2Li/c1-10-9-11(2)15(16(17)21(18,19)20)12(3)14(10)13-7-5-4-6-8-13;;/h4-9H,1-3H3,(H2,18,19,20);;/q;2*+1/p-2. The topological polar surface area (TPSA) is 80.3 Å². The molecule has 4 nitrogen and oxygen atoms in total. The number of aryl methyl sites for hydroxylation is 2. The summed E-state index contributed by atoms with van der Waals surface area (Å²) in [5, 5.41) is 0. The maximum absolute atomic E-state index is 11.9. The van der Waals surface area contributed by atoms with Crippen LogP contribution in [-0.4, -0.2) is 5.52 Å². The number of hydrogen-bond donors (Lipinski definition) is 0. The molecule has 0 N–H and O–H groups in total. The molecule has 0 fully saturated rings. The molecule has 0 spiro atoms. The van der Waals surface area contributed by atoms with E-state index in [-0.39, 0.29) is 43.3 Å².